The molecule has 2 aromatic rings. The molecule has 138 valence electrons. The van der Waals surface area contributed by atoms with Crippen LogP contribution in [0, 0.1) is 17.8 Å². The van der Waals surface area contributed by atoms with Gasteiger partial charge in [0.25, 0.3) is 0 Å². The predicted molar refractivity (Wildman–Crippen MR) is 104 cm³/mol. The van der Waals surface area contributed by atoms with Gasteiger partial charge in [-0.3, -0.25) is 4.79 Å². The van der Waals surface area contributed by atoms with Crippen molar-refractivity contribution in [1.82, 2.24) is 20.1 Å². The van der Waals surface area contributed by atoms with E-state index in [-0.39, 0.29) is 11.9 Å². The molecule has 0 aliphatic heterocycles. The minimum absolute atomic E-state index is 0.0922. The molecule has 4 atom stereocenters. The number of thioether (sulfide) groups is 1. The third kappa shape index (κ3) is 3.52. The van der Waals surface area contributed by atoms with Gasteiger partial charge in [-0.05, 0) is 43.9 Å². The molecular weight excluding hydrogens is 344 g/mol. The van der Waals surface area contributed by atoms with Crippen molar-refractivity contribution < 1.29 is 4.79 Å². The van der Waals surface area contributed by atoms with Crippen molar-refractivity contribution in [2.75, 3.05) is 5.75 Å². The van der Waals surface area contributed by atoms with Crippen LogP contribution in [-0.4, -0.2) is 32.5 Å². The minimum atomic E-state index is 0.0922. The first kappa shape index (κ1) is 17.6. The van der Waals surface area contributed by atoms with Crippen LogP contribution in [-0.2, 0) is 11.8 Å². The molecular formula is C20H26N4OS. The summed E-state index contributed by atoms with van der Waals surface area (Å²) in [5.41, 5.74) is 1.03. The molecule has 1 amide bonds. The molecule has 1 aromatic carbocycles. The number of nitrogens with one attached hydrogen (secondary N) is 1. The highest BCUT2D eigenvalue weighted by Gasteiger charge is 2.42. The monoisotopic (exact) mass is 370 g/mol. The number of benzene rings is 1. The lowest BCUT2D eigenvalue weighted by Gasteiger charge is -2.28. The van der Waals surface area contributed by atoms with Crippen LogP contribution in [0.5, 0.6) is 0 Å². The molecule has 5 nitrogen and oxygen atoms in total. The van der Waals surface area contributed by atoms with Crippen LogP contribution in [0.3, 0.4) is 0 Å². The van der Waals surface area contributed by atoms with Gasteiger partial charge in [0.15, 0.2) is 11.0 Å². The molecule has 1 N–H and O–H groups in total. The van der Waals surface area contributed by atoms with Crippen LogP contribution in [0.2, 0.25) is 0 Å². The Morgan fingerprint density at radius 2 is 2.08 bits per heavy atom. The van der Waals surface area contributed by atoms with E-state index in [1.165, 1.54) is 37.4 Å². The van der Waals surface area contributed by atoms with Crippen LogP contribution in [0.1, 0.15) is 32.6 Å². The average molecular weight is 371 g/mol. The van der Waals surface area contributed by atoms with Crippen LogP contribution in [0.4, 0.5) is 0 Å². The van der Waals surface area contributed by atoms with Crippen molar-refractivity contribution in [2.24, 2.45) is 24.8 Å². The van der Waals surface area contributed by atoms with Gasteiger partial charge < -0.3 is 9.88 Å². The molecule has 4 unspecified atom stereocenters. The number of hydrogen-bond donors (Lipinski definition) is 1. The number of nitrogens with zero attached hydrogens (tertiary/aromatic N) is 3. The number of rotatable bonds is 6. The first-order valence-electron chi connectivity index (χ1n) is 9.48. The Kier molecular flexibility index (Phi) is 5.02. The lowest BCUT2D eigenvalue weighted by Crippen LogP contribution is -2.40. The summed E-state index contributed by atoms with van der Waals surface area (Å²) in [5.74, 6) is 3.70. The van der Waals surface area contributed by atoms with Gasteiger partial charge in [0.2, 0.25) is 5.91 Å². The quantitative estimate of drug-likeness (QED) is 0.791. The fourth-order valence-electron chi connectivity index (χ4n) is 4.72. The lowest BCUT2D eigenvalue weighted by molar-refractivity contribution is -0.119. The summed E-state index contributed by atoms with van der Waals surface area (Å²) in [6.07, 6.45) is 5.42. The second-order valence-electron chi connectivity index (χ2n) is 7.71. The molecule has 2 aliphatic carbocycles. The van der Waals surface area contributed by atoms with Gasteiger partial charge in [-0.15, -0.1) is 10.2 Å². The Morgan fingerprint density at radius 3 is 2.77 bits per heavy atom. The fourth-order valence-corrected chi connectivity index (χ4v) is 5.44. The average Bonchev–Trinajstić information content (AvgIpc) is 3.36. The number of amides is 1. The Bertz CT molecular complexity index is 775. The van der Waals surface area contributed by atoms with Crippen LogP contribution in [0.25, 0.3) is 11.4 Å². The summed E-state index contributed by atoms with van der Waals surface area (Å²) in [6.45, 7) is 2.17. The number of carbonyl (C=O) groups is 1. The van der Waals surface area contributed by atoms with Gasteiger partial charge in [0.05, 0.1) is 5.75 Å². The lowest BCUT2D eigenvalue weighted by atomic mass is 9.84. The molecule has 0 spiro atoms. The molecule has 1 aromatic heterocycles. The van der Waals surface area contributed by atoms with E-state index in [2.05, 4.69) is 22.4 Å². The first-order valence-corrected chi connectivity index (χ1v) is 10.5. The minimum Gasteiger partial charge on any atom is -0.353 e. The number of fused-ring (bicyclic) bond motifs is 2. The van der Waals surface area contributed by atoms with Gasteiger partial charge in [0, 0.05) is 18.7 Å². The third-order valence-electron chi connectivity index (χ3n) is 6.02. The number of aromatic nitrogens is 3. The molecule has 26 heavy (non-hydrogen) atoms. The third-order valence-corrected chi connectivity index (χ3v) is 7.04. The molecule has 4 rings (SSSR count). The molecule has 0 saturated heterocycles. The van der Waals surface area contributed by atoms with Crippen molar-refractivity contribution in [2.45, 2.75) is 43.8 Å². The fraction of sp³-hybridized carbons (Fsp3) is 0.550. The van der Waals surface area contributed by atoms with E-state index in [0.29, 0.717) is 11.7 Å². The van der Waals surface area contributed by atoms with Gasteiger partial charge in [-0.2, -0.15) is 0 Å². The van der Waals surface area contributed by atoms with Crippen molar-refractivity contribution in [3.63, 3.8) is 0 Å². The Morgan fingerprint density at radius 1 is 1.27 bits per heavy atom. The van der Waals surface area contributed by atoms with Crippen molar-refractivity contribution in [3.05, 3.63) is 30.3 Å². The van der Waals surface area contributed by atoms with E-state index in [1.807, 2.05) is 41.9 Å². The standard InChI is InChI=1S/C20H26N4OS/c1-13(17-11-14-8-9-16(17)10-14)21-18(25)12-26-20-23-22-19(24(20)2)15-6-4-3-5-7-15/h3-7,13-14,16-17H,8-12H2,1-2H3,(H,21,25). The zero-order valence-corrected chi connectivity index (χ0v) is 16.2. The SMILES string of the molecule is CC(NC(=O)CSc1nnc(-c2ccccc2)n1C)C1CC2CCC1C2. The molecule has 2 saturated carbocycles. The van der Waals surface area contributed by atoms with E-state index in [4.69, 9.17) is 0 Å². The van der Waals surface area contributed by atoms with E-state index in [0.717, 1.165) is 28.4 Å². The number of carbonyl (C=O) groups excluding carboxylic acids is 1. The van der Waals surface area contributed by atoms with Crippen molar-refractivity contribution in [1.29, 1.82) is 0 Å². The predicted octanol–water partition coefficient (Wildman–Crippen LogP) is 3.52. The summed E-state index contributed by atoms with van der Waals surface area (Å²) in [4.78, 5) is 12.4. The zero-order valence-electron chi connectivity index (χ0n) is 15.4. The topological polar surface area (TPSA) is 59.8 Å². The van der Waals surface area contributed by atoms with Gasteiger partial charge >= 0.3 is 0 Å². The first-order chi connectivity index (χ1) is 12.6. The molecule has 2 fully saturated rings. The largest absolute Gasteiger partial charge is 0.353 e. The Labute approximate surface area is 159 Å². The van der Waals surface area contributed by atoms with Crippen molar-refractivity contribution in [3.8, 4) is 11.4 Å². The van der Waals surface area contributed by atoms with E-state index < -0.39 is 0 Å². The molecule has 1 heterocycles. The smallest absolute Gasteiger partial charge is 0.230 e. The van der Waals surface area contributed by atoms with Crippen LogP contribution in [0.15, 0.2) is 35.5 Å². The second kappa shape index (κ2) is 7.43. The van der Waals surface area contributed by atoms with Gasteiger partial charge in [-0.25, -0.2) is 0 Å². The van der Waals surface area contributed by atoms with Crippen LogP contribution >= 0.6 is 11.8 Å². The maximum absolute atomic E-state index is 12.4. The van der Waals surface area contributed by atoms with E-state index in [9.17, 15) is 4.79 Å². The summed E-state index contributed by atoms with van der Waals surface area (Å²) in [7, 11) is 1.94. The second-order valence-corrected chi connectivity index (χ2v) is 8.66. The Balaban J connectivity index is 1.31. The highest BCUT2D eigenvalue weighted by molar-refractivity contribution is 7.99. The molecule has 2 aliphatic rings. The highest BCUT2D eigenvalue weighted by Crippen LogP contribution is 2.49. The summed E-state index contributed by atoms with van der Waals surface area (Å²) < 4.78 is 1.95. The molecule has 6 heteroatoms. The Hall–Kier alpha value is -1.82. The summed E-state index contributed by atoms with van der Waals surface area (Å²) in [6, 6.07) is 10.3. The van der Waals surface area contributed by atoms with E-state index >= 15 is 0 Å². The maximum Gasteiger partial charge on any atom is 0.230 e. The van der Waals surface area contributed by atoms with Gasteiger partial charge in [0.1, 0.15) is 0 Å². The normalized spacial score (nSPS) is 25.4. The van der Waals surface area contributed by atoms with Gasteiger partial charge in [-0.1, -0.05) is 48.5 Å². The maximum atomic E-state index is 12.4. The number of hydrogen-bond acceptors (Lipinski definition) is 4. The van der Waals surface area contributed by atoms with Crippen LogP contribution < -0.4 is 5.32 Å². The molecule has 2 bridgehead atoms. The van der Waals surface area contributed by atoms with E-state index in [1.54, 1.807) is 0 Å². The molecule has 0 radical (unpaired) electrons. The summed E-state index contributed by atoms with van der Waals surface area (Å²) >= 11 is 1.45. The highest BCUT2D eigenvalue weighted by atomic mass is 32.2. The zero-order chi connectivity index (χ0) is 18.1. The van der Waals surface area contributed by atoms with Crippen molar-refractivity contribution >= 4 is 17.7 Å². The summed E-state index contributed by atoms with van der Waals surface area (Å²) in [5, 5.41) is 12.5.